The summed E-state index contributed by atoms with van der Waals surface area (Å²) in [5, 5.41) is 8.28. The summed E-state index contributed by atoms with van der Waals surface area (Å²) in [6, 6.07) is 12.4. The SMILES string of the molecule is Cc1ccc(C2CCN(C(=O)[C@H]3CCCN3)CC2)cc1N[C@H](C)c1ccc(Cl)cc1Cl. The molecule has 0 aromatic heterocycles. The van der Waals surface area contributed by atoms with Crippen molar-refractivity contribution in [2.45, 2.75) is 57.5 Å². The van der Waals surface area contributed by atoms with Crippen molar-refractivity contribution >= 4 is 34.8 Å². The van der Waals surface area contributed by atoms with E-state index in [4.69, 9.17) is 23.2 Å². The standard InChI is InChI=1S/C25H31Cl2N3O/c1-16-5-6-19(14-24(16)29-17(2)21-8-7-20(26)15-22(21)27)18-9-12-30(13-10-18)25(31)23-4-3-11-28-23/h5-8,14-15,17-18,23,28-29H,3-4,9-13H2,1-2H3/t17-,23-/m1/s1. The normalized spacial score (nSPS) is 20.6. The molecule has 2 aliphatic rings. The predicted octanol–water partition coefficient (Wildman–Crippen LogP) is 5.93. The van der Waals surface area contributed by atoms with E-state index in [1.54, 1.807) is 6.07 Å². The summed E-state index contributed by atoms with van der Waals surface area (Å²) in [5.41, 5.74) is 4.71. The zero-order valence-corrected chi connectivity index (χ0v) is 19.8. The minimum atomic E-state index is 0.0351. The first kappa shape index (κ1) is 22.4. The predicted molar refractivity (Wildman–Crippen MR) is 129 cm³/mol. The number of nitrogens with zero attached hydrogens (tertiary/aromatic N) is 1. The third-order valence-corrected chi connectivity index (χ3v) is 7.26. The van der Waals surface area contributed by atoms with Crippen LogP contribution in [-0.4, -0.2) is 36.5 Å². The molecule has 2 atom stereocenters. The second kappa shape index (κ2) is 9.81. The summed E-state index contributed by atoms with van der Waals surface area (Å²) >= 11 is 12.5. The smallest absolute Gasteiger partial charge is 0.239 e. The van der Waals surface area contributed by atoms with Crippen LogP contribution in [0.2, 0.25) is 10.0 Å². The first-order valence-electron chi connectivity index (χ1n) is 11.3. The zero-order chi connectivity index (χ0) is 22.0. The van der Waals surface area contributed by atoms with E-state index in [0.29, 0.717) is 16.0 Å². The highest BCUT2D eigenvalue weighted by molar-refractivity contribution is 6.35. The van der Waals surface area contributed by atoms with Gasteiger partial charge in [-0.1, -0.05) is 41.4 Å². The second-order valence-corrected chi connectivity index (χ2v) is 9.70. The topological polar surface area (TPSA) is 44.4 Å². The van der Waals surface area contributed by atoms with E-state index in [1.807, 2.05) is 12.1 Å². The lowest BCUT2D eigenvalue weighted by Gasteiger charge is -2.34. The fourth-order valence-corrected chi connectivity index (χ4v) is 5.33. The van der Waals surface area contributed by atoms with Gasteiger partial charge in [-0.3, -0.25) is 4.79 Å². The number of rotatable bonds is 5. The van der Waals surface area contributed by atoms with Gasteiger partial charge in [-0.05, 0) is 86.9 Å². The minimum absolute atomic E-state index is 0.0351. The van der Waals surface area contributed by atoms with Crippen LogP contribution in [0.15, 0.2) is 36.4 Å². The Morgan fingerprint density at radius 3 is 2.58 bits per heavy atom. The van der Waals surface area contributed by atoms with Crippen LogP contribution in [0, 0.1) is 6.92 Å². The lowest BCUT2D eigenvalue weighted by molar-refractivity contribution is -0.134. The average molecular weight is 460 g/mol. The number of piperidine rings is 1. The van der Waals surface area contributed by atoms with E-state index >= 15 is 0 Å². The third-order valence-electron chi connectivity index (χ3n) is 6.70. The molecular weight excluding hydrogens is 429 g/mol. The van der Waals surface area contributed by atoms with E-state index in [2.05, 4.69) is 47.6 Å². The molecule has 0 aliphatic carbocycles. The molecule has 0 unspecified atom stereocenters. The Morgan fingerprint density at radius 1 is 1.13 bits per heavy atom. The maximum atomic E-state index is 12.7. The Kier molecular flexibility index (Phi) is 7.10. The molecule has 1 amide bonds. The number of likely N-dealkylation sites (tertiary alicyclic amines) is 1. The van der Waals surface area contributed by atoms with Crippen LogP contribution >= 0.6 is 23.2 Å². The minimum Gasteiger partial charge on any atom is -0.378 e. The monoisotopic (exact) mass is 459 g/mol. The van der Waals surface area contributed by atoms with Crippen molar-refractivity contribution in [2.24, 2.45) is 0 Å². The molecular formula is C25H31Cl2N3O. The molecule has 4 rings (SSSR count). The summed E-state index contributed by atoms with van der Waals surface area (Å²) in [5.74, 6) is 0.770. The molecule has 2 heterocycles. The van der Waals surface area contributed by atoms with Crippen LogP contribution in [0.1, 0.15) is 61.3 Å². The van der Waals surface area contributed by atoms with Gasteiger partial charge in [0.2, 0.25) is 5.91 Å². The van der Waals surface area contributed by atoms with E-state index in [-0.39, 0.29) is 18.0 Å². The molecule has 2 N–H and O–H groups in total. The highest BCUT2D eigenvalue weighted by Gasteiger charge is 2.30. The summed E-state index contributed by atoms with van der Waals surface area (Å²) in [4.78, 5) is 14.7. The maximum absolute atomic E-state index is 12.7. The number of halogens is 2. The van der Waals surface area contributed by atoms with E-state index < -0.39 is 0 Å². The average Bonchev–Trinajstić information content (AvgIpc) is 3.30. The van der Waals surface area contributed by atoms with Crippen LogP contribution in [0.3, 0.4) is 0 Å². The van der Waals surface area contributed by atoms with Crippen molar-refractivity contribution in [1.29, 1.82) is 0 Å². The summed E-state index contributed by atoms with van der Waals surface area (Å²) in [6.07, 6.45) is 4.10. The van der Waals surface area contributed by atoms with Gasteiger partial charge in [0.1, 0.15) is 0 Å². The fourth-order valence-electron chi connectivity index (χ4n) is 4.76. The molecule has 0 radical (unpaired) electrons. The van der Waals surface area contributed by atoms with Gasteiger partial charge >= 0.3 is 0 Å². The quantitative estimate of drug-likeness (QED) is 0.581. The van der Waals surface area contributed by atoms with Crippen LogP contribution in [0.5, 0.6) is 0 Å². The van der Waals surface area contributed by atoms with E-state index in [1.165, 1.54) is 11.1 Å². The lowest BCUT2D eigenvalue weighted by Crippen LogP contribution is -2.46. The van der Waals surface area contributed by atoms with Gasteiger partial charge in [-0.25, -0.2) is 0 Å². The number of aryl methyl sites for hydroxylation is 1. The highest BCUT2D eigenvalue weighted by atomic mass is 35.5. The summed E-state index contributed by atoms with van der Waals surface area (Å²) in [6.45, 7) is 6.89. The summed E-state index contributed by atoms with van der Waals surface area (Å²) in [7, 11) is 0. The second-order valence-electron chi connectivity index (χ2n) is 8.85. The molecule has 166 valence electrons. The Bertz CT molecular complexity index is 934. The molecule has 2 aliphatic heterocycles. The number of amides is 1. The van der Waals surface area contributed by atoms with Crippen molar-refractivity contribution in [3.8, 4) is 0 Å². The summed E-state index contributed by atoms with van der Waals surface area (Å²) < 4.78 is 0. The molecule has 0 spiro atoms. The molecule has 6 heteroatoms. The molecule has 31 heavy (non-hydrogen) atoms. The van der Waals surface area contributed by atoms with Crippen molar-refractivity contribution in [2.75, 3.05) is 25.0 Å². The van der Waals surface area contributed by atoms with Crippen LogP contribution < -0.4 is 10.6 Å². The molecule has 4 nitrogen and oxygen atoms in total. The van der Waals surface area contributed by atoms with Crippen LogP contribution in [0.4, 0.5) is 5.69 Å². The number of anilines is 1. The van der Waals surface area contributed by atoms with Gasteiger partial charge < -0.3 is 15.5 Å². The van der Waals surface area contributed by atoms with E-state index in [0.717, 1.165) is 56.6 Å². The van der Waals surface area contributed by atoms with Gasteiger partial charge in [-0.15, -0.1) is 0 Å². The van der Waals surface area contributed by atoms with Crippen LogP contribution in [-0.2, 0) is 4.79 Å². The van der Waals surface area contributed by atoms with Gasteiger partial charge in [-0.2, -0.15) is 0 Å². The Hall–Kier alpha value is -1.75. The number of hydrogen-bond donors (Lipinski definition) is 2. The van der Waals surface area contributed by atoms with Crippen molar-refractivity contribution in [1.82, 2.24) is 10.2 Å². The lowest BCUT2D eigenvalue weighted by atomic mass is 9.88. The molecule has 2 aromatic rings. The highest BCUT2D eigenvalue weighted by Crippen LogP contribution is 2.34. The molecule has 2 saturated heterocycles. The molecule has 0 bridgehead atoms. The third kappa shape index (κ3) is 5.19. The molecule has 2 fully saturated rings. The number of nitrogens with one attached hydrogen (secondary N) is 2. The van der Waals surface area contributed by atoms with Gasteiger partial charge in [0.05, 0.1) is 12.1 Å². The Balaban J connectivity index is 1.41. The van der Waals surface area contributed by atoms with Crippen molar-refractivity contribution in [3.63, 3.8) is 0 Å². The fraction of sp³-hybridized carbons (Fsp3) is 0.480. The van der Waals surface area contributed by atoms with Gasteiger partial charge in [0.15, 0.2) is 0 Å². The van der Waals surface area contributed by atoms with Crippen LogP contribution in [0.25, 0.3) is 0 Å². The molecule has 2 aromatic carbocycles. The van der Waals surface area contributed by atoms with Crippen molar-refractivity contribution < 1.29 is 4.79 Å². The first-order chi connectivity index (χ1) is 14.9. The van der Waals surface area contributed by atoms with Crippen molar-refractivity contribution in [3.05, 3.63) is 63.1 Å². The number of carbonyl (C=O) groups is 1. The Labute approximate surface area is 195 Å². The maximum Gasteiger partial charge on any atom is 0.239 e. The number of carbonyl (C=O) groups excluding carboxylic acids is 1. The first-order valence-corrected chi connectivity index (χ1v) is 12.0. The Morgan fingerprint density at radius 2 is 1.90 bits per heavy atom. The van der Waals surface area contributed by atoms with Gasteiger partial charge in [0.25, 0.3) is 0 Å². The largest absolute Gasteiger partial charge is 0.378 e. The van der Waals surface area contributed by atoms with E-state index in [9.17, 15) is 4.79 Å². The zero-order valence-electron chi connectivity index (χ0n) is 18.3. The van der Waals surface area contributed by atoms with Gasteiger partial charge in [0, 0.05) is 28.8 Å². The number of hydrogen-bond acceptors (Lipinski definition) is 3. The number of benzene rings is 2. The molecule has 0 saturated carbocycles.